The highest BCUT2D eigenvalue weighted by Crippen LogP contribution is 2.37. The maximum absolute atomic E-state index is 6.22. The van der Waals surface area contributed by atoms with E-state index >= 15 is 0 Å². The van der Waals surface area contributed by atoms with Crippen LogP contribution in [0, 0.1) is 0 Å². The van der Waals surface area contributed by atoms with Crippen LogP contribution in [0.4, 0.5) is 0 Å². The monoisotopic (exact) mass is 267 g/mol. The van der Waals surface area contributed by atoms with Crippen molar-refractivity contribution in [3.8, 4) is 5.75 Å². The summed E-state index contributed by atoms with van der Waals surface area (Å²) < 4.78 is 5.79. The number of ether oxygens (including phenoxy) is 1. The second kappa shape index (κ2) is 6.44. The highest BCUT2D eigenvalue weighted by atomic mass is 35.5. The van der Waals surface area contributed by atoms with Gasteiger partial charge in [-0.25, -0.2) is 0 Å². The molecule has 3 heteroatoms. The zero-order valence-electron chi connectivity index (χ0n) is 11.3. The van der Waals surface area contributed by atoms with Gasteiger partial charge in [0.2, 0.25) is 0 Å². The van der Waals surface area contributed by atoms with E-state index in [-0.39, 0.29) is 0 Å². The van der Waals surface area contributed by atoms with E-state index in [0.717, 1.165) is 49.6 Å². The predicted molar refractivity (Wildman–Crippen MR) is 76.6 cm³/mol. The Kier molecular flexibility index (Phi) is 4.90. The summed E-state index contributed by atoms with van der Waals surface area (Å²) in [6, 6.07) is 4.46. The molecule has 0 fully saturated rings. The molecule has 1 aliphatic heterocycles. The third-order valence-corrected chi connectivity index (χ3v) is 3.59. The molecule has 0 bridgehead atoms. The van der Waals surface area contributed by atoms with Gasteiger partial charge in [0.15, 0.2) is 0 Å². The Bertz CT molecular complexity index is 406. The number of hydrogen-bond acceptors (Lipinski definition) is 2. The van der Waals surface area contributed by atoms with Crippen molar-refractivity contribution in [1.82, 2.24) is 5.32 Å². The molecule has 0 aliphatic carbocycles. The van der Waals surface area contributed by atoms with E-state index in [0.29, 0.717) is 6.04 Å². The Morgan fingerprint density at radius 3 is 2.89 bits per heavy atom. The number of nitrogens with one attached hydrogen (secondary N) is 1. The Balaban J connectivity index is 2.28. The molecule has 2 nitrogen and oxygen atoms in total. The SMILES string of the molecule is CCCNC(CCC)c1cc(Cl)cc2c1OCC2. The van der Waals surface area contributed by atoms with E-state index in [4.69, 9.17) is 16.3 Å². The average Bonchev–Trinajstić information content (AvgIpc) is 2.81. The Labute approximate surface area is 115 Å². The number of benzene rings is 1. The first-order chi connectivity index (χ1) is 8.76. The van der Waals surface area contributed by atoms with E-state index < -0.39 is 0 Å². The lowest BCUT2D eigenvalue weighted by Crippen LogP contribution is -2.22. The molecule has 0 saturated heterocycles. The Morgan fingerprint density at radius 2 is 2.17 bits per heavy atom. The number of fused-ring (bicyclic) bond motifs is 1. The van der Waals surface area contributed by atoms with Crippen molar-refractivity contribution in [2.45, 2.75) is 45.6 Å². The van der Waals surface area contributed by atoms with Crippen LogP contribution in [0.1, 0.15) is 50.3 Å². The van der Waals surface area contributed by atoms with Crippen LogP contribution in [0.2, 0.25) is 5.02 Å². The normalized spacial score (nSPS) is 15.3. The summed E-state index contributed by atoms with van der Waals surface area (Å²) in [5, 5.41) is 4.43. The van der Waals surface area contributed by atoms with Gasteiger partial charge in [-0.05, 0) is 37.1 Å². The van der Waals surface area contributed by atoms with Gasteiger partial charge < -0.3 is 10.1 Å². The molecule has 0 saturated carbocycles. The van der Waals surface area contributed by atoms with Crippen molar-refractivity contribution in [3.63, 3.8) is 0 Å². The molecule has 0 radical (unpaired) electrons. The molecule has 1 unspecified atom stereocenters. The van der Waals surface area contributed by atoms with Crippen LogP contribution in [-0.2, 0) is 6.42 Å². The van der Waals surface area contributed by atoms with Crippen molar-refractivity contribution >= 4 is 11.6 Å². The van der Waals surface area contributed by atoms with Gasteiger partial charge in [0.1, 0.15) is 5.75 Å². The molecule has 18 heavy (non-hydrogen) atoms. The van der Waals surface area contributed by atoms with Crippen molar-refractivity contribution < 1.29 is 4.74 Å². The van der Waals surface area contributed by atoms with Crippen LogP contribution in [0.5, 0.6) is 5.75 Å². The zero-order valence-corrected chi connectivity index (χ0v) is 12.0. The molecule has 2 rings (SSSR count). The fraction of sp³-hybridized carbons (Fsp3) is 0.600. The lowest BCUT2D eigenvalue weighted by molar-refractivity contribution is 0.346. The van der Waals surface area contributed by atoms with Gasteiger partial charge in [0.05, 0.1) is 6.61 Å². The summed E-state index contributed by atoms with van der Waals surface area (Å²) in [6.07, 6.45) is 4.40. The minimum atomic E-state index is 0.362. The van der Waals surface area contributed by atoms with Gasteiger partial charge in [0, 0.05) is 23.0 Å². The zero-order chi connectivity index (χ0) is 13.0. The summed E-state index contributed by atoms with van der Waals surface area (Å²) >= 11 is 6.22. The number of halogens is 1. The molecular weight excluding hydrogens is 246 g/mol. The van der Waals surface area contributed by atoms with Gasteiger partial charge >= 0.3 is 0 Å². The fourth-order valence-corrected chi connectivity index (χ4v) is 2.78. The van der Waals surface area contributed by atoms with E-state index in [2.05, 4.69) is 25.2 Å². The lowest BCUT2D eigenvalue weighted by atomic mass is 9.98. The van der Waals surface area contributed by atoms with Gasteiger partial charge in [-0.15, -0.1) is 0 Å². The third-order valence-electron chi connectivity index (χ3n) is 3.37. The first-order valence-electron chi connectivity index (χ1n) is 6.94. The standard InChI is InChI=1S/C15H22ClNO/c1-3-5-14(17-7-4-2)13-10-12(16)9-11-6-8-18-15(11)13/h9-10,14,17H,3-8H2,1-2H3. The molecule has 1 heterocycles. The van der Waals surface area contributed by atoms with Crippen LogP contribution in [0.15, 0.2) is 12.1 Å². The number of rotatable bonds is 6. The van der Waals surface area contributed by atoms with Crippen molar-refractivity contribution in [2.75, 3.05) is 13.2 Å². The Hall–Kier alpha value is -0.730. The molecule has 100 valence electrons. The molecule has 0 aromatic heterocycles. The van der Waals surface area contributed by atoms with Crippen molar-refractivity contribution in [3.05, 3.63) is 28.3 Å². The van der Waals surface area contributed by atoms with Crippen LogP contribution >= 0.6 is 11.6 Å². The predicted octanol–water partition coefficient (Wildman–Crippen LogP) is 4.12. The topological polar surface area (TPSA) is 21.3 Å². The average molecular weight is 268 g/mol. The minimum absolute atomic E-state index is 0.362. The fourth-order valence-electron chi connectivity index (χ4n) is 2.53. The maximum Gasteiger partial charge on any atom is 0.127 e. The van der Waals surface area contributed by atoms with Gasteiger partial charge in [-0.2, -0.15) is 0 Å². The highest BCUT2D eigenvalue weighted by molar-refractivity contribution is 6.30. The van der Waals surface area contributed by atoms with Crippen molar-refractivity contribution in [1.29, 1.82) is 0 Å². The smallest absolute Gasteiger partial charge is 0.127 e. The molecule has 1 N–H and O–H groups in total. The molecule has 1 aromatic carbocycles. The molecule has 1 aliphatic rings. The summed E-state index contributed by atoms with van der Waals surface area (Å²) in [6.45, 7) is 6.22. The van der Waals surface area contributed by atoms with E-state index in [9.17, 15) is 0 Å². The van der Waals surface area contributed by atoms with Gasteiger partial charge in [0.25, 0.3) is 0 Å². The third kappa shape index (κ3) is 2.99. The quantitative estimate of drug-likeness (QED) is 0.837. The van der Waals surface area contributed by atoms with Gasteiger partial charge in [-0.1, -0.05) is 31.9 Å². The summed E-state index contributed by atoms with van der Waals surface area (Å²) in [5.74, 6) is 1.07. The summed E-state index contributed by atoms with van der Waals surface area (Å²) in [7, 11) is 0. The molecular formula is C15H22ClNO. The second-order valence-electron chi connectivity index (χ2n) is 4.88. The summed E-state index contributed by atoms with van der Waals surface area (Å²) in [4.78, 5) is 0. The van der Waals surface area contributed by atoms with Gasteiger partial charge in [-0.3, -0.25) is 0 Å². The molecule has 1 atom stereocenters. The lowest BCUT2D eigenvalue weighted by Gasteiger charge is -2.21. The van der Waals surface area contributed by atoms with E-state index in [1.165, 1.54) is 11.1 Å². The van der Waals surface area contributed by atoms with E-state index in [1.807, 2.05) is 6.07 Å². The van der Waals surface area contributed by atoms with Crippen LogP contribution < -0.4 is 10.1 Å². The van der Waals surface area contributed by atoms with Crippen LogP contribution in [0.25, 0.3) is 0 Å². The largest absolute Gasteiger partial charge is 0.493 e. The molecule has 1 aromatic rings. The van der Waals surface area contributed by atoms with Crippen LogP contribution in [0.3, 0.4) is 0 Å². The van der Waals surface area contributed by atoms with E-state index in [1.54, 1.807) is 0 Å². The first kappa shape index (κ1) is 13.7. The highest BCUT2D eigenvalue weighted by Gasteiger charge is 2.22. The maximum atomic E-state index is 6.22. The molecule has 0 spiro atoms. The molecule has 0 amide bonds. The Morgan fingerprint density at radius 1 is 1.33 bits per heavy atom. The number of hydrogen-bond donors (Lipinski definition) is 1. The minimum Gasteiger partial charge on any atom is -0.493 e. The first-order valence-corrected chi connectivity index (χ1v) is 7.32. The second-order valence-corrected chi connectivity index (χ2v) is 5.31. The van der Waals surface area contributed by atoms with Crippen molar-refractivity contribution in [2.24, 2.45) is 0 Å². The van der Waals surface area contributed by atoms with Crippen LogP contribution in [-0.4, -0.2) is 13.2 Å². The summed E-state index contributed by atoms with van der Waals surface area (Å²) in [5.41, 5.74) is 2.50.